The van der Waals surface area contributed by atoms with Gasteiger partial charge in [0.1, 0.15) is 29.5 Å². The van der Waals surface area contributed by atoms with Crippen molar-refractivity contribution in [3.63, 3.8) is 0 Å². The van der Waals surface area contributed by atoms with Crippen LogP contribution in [0, 0.1) is 5.82 Å². The van der Waals surface area contributed by atoms with Crippen LogP contribution >= 0.6 is 27.5 Å². The number of ether oxygens (including phenoxy) is 1. The fourth-order valence-corrected chi connectivity index (χ4v) is 2.94. The molecule has 1 heterocycles. The fraction of sp³-hybridized carbons (Fsp3) is 0.0952. The van der Waals surface area contributed by atoms with E-state index in [0.29, 0.717) is 39.8 Å². The number of allylic oxidation sites excluding steroid dienone is 1. The first-order chi connectivity index (χ1) is 15.0. The minimum absolute atomic E-state index is 0.00646. The van der Waals surface area contributed by atoms with Gasteiger partial charge in [-0.25, -0.2) is 14.4 Å². The van der Waals surface area contributed by atoms with E-state index in [1.54, 1.807) is 43.5 Å². The minimum atomic E-state index is -0.501. The molecule has 3 aromatic rings. The summed E-state index contributed by atoms with van der Waals surface area (Å²) in [5.41, 5.74) is 1.76. The normalized spacial score (nSPS) is 10.7. The van der Waals surface area contributed by atoms with Gasteiger partial charge in [-0.05, 0) is 36.4 Å². The molecule has 0 aliphatic rings. The standard InChI is InChI=1S/C21H18BrClFN5O2/c1-31-18-7-5-14(28-21(30)3-2-8-22)10-17(18)29-20-11-19(25-12-26-20)27-13-4-6-16(24)15(23)9-13/h2-7,9-12H,8H2,1H3,(H,28,30)(H2,25,26,27,29). The number of anilines is 5. The van der Waals surface area contributed by atoms with Crippen molar-refractivity contribution in [2.45, 2.75) is 0 Å². The van der Waals surface area contributed by atoms with E-state index in [1.807, 2.05) is 0 Å². The van der Waals surface area contributed by atoms with E-state index in [-0.39, 0.29) is 10.9 Å². The Kier molecular flexibility index (Phi) is 7.80. The van der Waals surface area contributed by atoms with E-state index in [9.17, 15) is 9.18 Å². The van der Waals surface area contributed by atoms with Crippen LogP contribution in [-0.4, -0.2) is 28.3 Å². The highest BCUT2D eigenvalue weighted by atomic mass is 79.9. The lowest BCUT2D eigenvalue weighted by atomic mass is 10.2. The molecule has 0 atom stereocenters. The van der Waals surface area contributed by atoms with E-state index < -0.39 is 5.82 Å². The maximum Gasteiger partial charge on any atom is 0.248 e. The highest BCUT2D eigenvalue weighted by Crippen LogP contribution is 2.31. The molecule has 1 aromatic heterocycles. The van der Waals surface area contributed by atoms with Crippen molar-refractivity contribution in [2.24, 2.45) is 0 Å². The van der Waals surface area contributed by atoms with Crippen molar-refractivity contribution in [2.75, 3.05) is 28.4 Å². The maximum absolute atomic E-state index is 13.3. The smallest absolute Gasteiger partial charge is 0.248 e. The molecule has 0 bridgehead atoms. The van der Waals surface area contributed by atoms with Gasteiger partial charge in [-0.15, -0.1) is 0 Å². The fourth-order valence-electron chi connectivity index (χ4n) is 2.57. The summed E-state index contributed by atoms with van der Waals surface area (Å²) < 4.78 is 18.7. The van der Waals surface area contributed by atoms with Crippen molar-refractivity contribution in [3.8, 4) is 5.75 Å². The summed E-state index contributed by atoms with van der Waals surface area (Å²) in [6, 6.07) is 11.1. The Bertz CT molecular complexity index is 1110. The first kappa shape index (κ1) is 22.5. The second-order valence-electron chi connectivity index (χ2n) is 6.13. The molecule has 160 valence electrons. The molecule has 1 amide bonds. The van der Waals surface area contributed by atoms with Gasteiger partial charge in [0, 0.05) is 28.8 Å². The third kappa shape index (κ3) is 6.40. The first-order valence-electron chi connectivity index (χ1n) is 9.01. The molecule has 0 unspecified atom stereocenters. The maximum atomic E-state index is 13.3. The van der Waals surface area contributed by atoms with Gasteiger partial charge in [0.15, 0.2) is 0 Å². The molecule has 0 spiro atoms. The topological polar surface area (TPSA) is 88.2 Å². The number of carbonyl (C=O) groups is 1. The van der Waals surface area contributed by atoms with E-state index in [4.69, 9.17) is 16.3 Å². The number of aromatic nitrogens is 2. The highest BCUT2D eigenvalue weighted by Gasteiger charge is 2.09. The molecule has 2 aromatic carbocycles. The van der Waals surface area contributed by atoms with Gasteiger partial charge in [-0.3, -0.25) is 4.79 Å². The predicted molar refractivity (Wildman–Crippen MR) is 125 cm³/mol. The van der Waals surface area contributed by atoms with E-state index in [0.717, 1.165) is 0 Å². The predicted octanol–water partition coefficient (Wildman–Crippen LogP) is 5.65. The SMILES string of the molecule is COc1ccc(NC(=O)C=CCBr)cc1Nc1cc(Nc2ccc(F)c(Cl)c2)ncn1. The van der Waals surface area contributed by atoms with Crippen LogP contribution < -0.4 is 20.7 Å². The second-order valence-corrected chi connectivity index (χ2v) is 7.18. The van der Waals surface area contributed by atoms with Crippen molar-refractivity contribution >= 4 is 62.1 Å². The van der Waals surface area contributed by atoms with Crippen LogP contribution in [0.25, 0.3) is 0 Å². The van der Waals surface area contributed by atoms with Crippen LogP contribution in [0.1, 0.15) is 0 Å². The van der Waals surface area contributed by atoms with Gasteiger partial charge in [0.25, 0.3) is 0 Å². The summed E-state index contributed by atoms with van der Waals surface area (Å²) in [6.45, 7) is 0. The molecule has 3 rings (SSSR count). The number of benzene rings is 2. The molecule has 0 aliphatic heterocycles. The average Bonchev–Trinajstić information content (AvgIpc) is 2.75. The van der Waals surface area contributed by atoms with Crippen molar-refractivity contribution < 1.29 is 13.9 Å². The molecule has 0 saturated carbocycles. The zero-order valence-electron chi connectivity index (χ0n) is 16.3. The lowest BCUT2D eigenvalue weighted by Gasteiger charge is -2.13. The number of hydrogen-bond donors (Lipinski definition) is 3. The Hall–Kier alpha value is -3.17. The molecule has 0 aliphatic carbocycles. The summed E-state index contributed by atoms with van der Waals surface area (Å²) in [4.78, 5) is 20.3. The van der Waals surface area contributed by atoms with Gasteiger partial charge >= 0.3 is 0 Å². The second kappa shape index (κ2) is 10.7. The number of carbonyl (C=O) groups excluding carboxylic acids is 1. The van der Waals surface area contributed by atoms with Crippen LogP contribution in [-0.2, 0) is 4.79 Å². The summed E-state index contributed by atoms with van der Waals surface area (Å²) in [5.74, 6) is 0.767. The zero-order chi connectivity index (χ0) is 22.2. The third-order valence-electron chi connectivity index (χ3n) is 3.95. The Labute approximate surface area is 191 Å². The third-order valence-corrected chi connectivity index (χ3v) is 4.61. The van der Waals surface area contributed by atoms with Gasteiger partial charge in [0.2, 0.25) is 5.91 Å². The van der Waals surface area contributed by atoms with Gasteiger partial charge in [0.05, 0.1) is 17.8 Å². The molecule has 7 nitrogen and oxygen atoms in total. The summed E-state index contributed by atoms with van der Waals surface area (Å²) in [6.07, 6.45) is 4.51. The van der Waals surface area contributed by atoms with E-state index in [1.165, 1.54) is 24.5 Å². The van der Waals surface area contributed by atoms with Crippen LogP contribution in [0.2, 0.25) is 5.02 Å². The Morgan fingerprint density at radius 1 is 1.13 bits per heavy atom. The molecule has 0 fully saturated rings. The molecule has 0 radical (unpaired) electrons. The Balaban J connectivity index is 1.78. The number of nitrogens with one attached hydrogen (secondary N) is 3. The summed E-state index contributed by atoms with van der Waals surface area (Å²) in [7, 11) is 1.54. The van der Waals surface area contributed by atoms with Gasteiger partial charge in [-0.2, -0.15) is 0 Å². The monoisotopic (exact) mass is 505 g/mol. The first-order valence-corrected chi connectivity index (χ1v) is 10.5. The number of rotatable bonds is 8. The number of halogens is 3. The van der Waals surface area contributed by atoms with Crippen molar-refractivity contribution in [1.82, 2.24) is 9.97 Å². The molecule has 10 heteroatoms. The van der Waals surface area contributed by atoms with Crippen molar-refractivity contribution in [3.05, 3.63) is 71.8 Å². The summed E-state index contributed by atoms with van der Waals surface area (Å²) >= 11 is 9.05. The number of nitrogens with zero attached hydrogens (tertiary/aromatic N) is 2. The Morgan fingerprint density at radius 2 is 1.87 bits per heavy atom. The average molecular weight is 507 g/mol. The largest absolute Gasteiger partial charge is 0.495 e. The molecular weight excluding hydrogens is 489 g/mol. The number of hydrogen-bond acceptors (Lipinski definition) is 6. The summed E-state index contributed by atoms with van der Waals surface area (Å²) in [5, 5.41) is 9.56. The van der Waals surface area contributed by atoms with E-state index in [2.05, 4.69) is 41.8 Å². The number of alkyl halides is 1. The molecular formula is C21H18BrClFN5O2. The highest BCUT2D eigenvalue weighted by molar-refractivity contribution is 9.09. The van der Waals surface area contributed by atoms with Gasteiger partial charge in [-0.1, -0.05) is 33.6 Å². The van der Waals surface area contributed by atoms with Crippen LogP contribution in [0.15, 0.2) is 60.9 Å². The van der Waals surface area contributed by atoms with Crippen molar-refractivity contribution in [1.29, 1.82) is 0 Å². The molecule has 0 saturated heterocycles. The van der Waals surface area contributed by atoms with Gasteiger partial charge < -0.3 is 20.7 Å². The number of methoxy groups -OCH3 is 1. The minimum Gasteiger partial charge on any atom is -0.495 e. The Morgan fingerprint density at radius 3 is 2.58 bits per heavy atom. The van der Waals surface area contributed by atoms with Crippen LogP contribution in [0.4, 0.5) is 33.1 Å². The van der Waals surface area contributed by atoms with Crippen LogP contribution in [0.5, 0.6) is 5.75 Å². The lowest BCUT2D eigenvalue weighted by molar-refractivity contribution is -0.111. The lowest BCUT2D eigenvalue weighted by Crippen LogP contribution is -2.08. The van der Waals surface area contributed by atoms with E-state index >= 15 is 0 Å². The molecule has 31 heavy (non-hydrogen) atoms. The zero-order valence-corrected chi connectivity index (χ0v) is 18.7. The van der Waals surface area contributed by atoms with Crippen LogP contribution in [0.3, 0.4) is 0 Å². The number of amides is 1. The molecule has 3 N–H and O–H groups in total. The quantitative estimate of drug-likeness (QED) is 0.270.